The van der Waals surface area contributed by atoms with Crippen LogP contribution < -0.4 is 0 Å². The Hall–Kier alpha value is -5.73. The van der Waals surface area contributed by atoms with Gasteiger partial charge in [0.15, 0.2) is 0 Å². The highest BCUT2D eigenvalue weighted by Gasteiger charge is 2.33. The average Bonchev–Trinajstić information content (AvgIpc) is 3.62. The molecule has 0 fully saturated rings. The fourth-order valence-electron chi connectivity index (χ4n) is 9.16. The number of para-hydroxylation sites is 1. The van der Waals surface area contributed by atoms with Gasteiger partial charge in [0.2, 0.25) is 0 Å². The molecule has 8 bridgehead atoms. The number of phenolic OH excluding ortho intramolecular Hbond substituents is 4. The molecule has 5 aromatic carbocycles. The minimum absolute atomic E-state index is 0.0791. The van der Waals surface area contributed by atoms with Crippen LogP contribution in [0.15, 0.2) is 79.0 Å². The first-order valence-electron chi connectivity index (χ1n) is 23.0. The Morgan fingerprint density at radius 1 is 0.554 bits per heavy atom. The summed E-state index contributed by atoms with van der Waals surface area (Å²) in [7, 11) is 1.40. The predicted molar refractivity (Wildman–Crippen MR) is 263 cm³/mol. The van der Waals surface area contributed by atoms with E-state index >= 15 is 0 Å². The molecule has 8 heteroatoms. The molecule has 0 unspecified atom stereocenters. The van der Waals surface area contributed by atoms with Crippen molar-refractivity contribution in [3.05, 3.63) is 151 Å². The van der Waals surface area contributed by atoms with Gasteiger partial charge in [-0.2, -0.15) is 0 Å². The normalized spacial score (nSPS) is 14.8. The number of nitrogens with one attached hydrogen (secondary N) is 1. The van der Waals surface area contributed by atoms with Gasteiger partial charge in [0, 0.05) is 67.0 Å². The molecule has 5 N–H and O–H groups in total. The van der Waals surface area contributed by atoms with E-state index in [-0.39, 0.29) is 77.0 Å². The number of H-pyrrole nitrogens is 1. The molecule has 0 spiro atoms. The van der Waals surface area contributed by atoms with Crippen LogP contribution in [-0.4, -0.2) is 49.4 Å². The van der Waals surface area contributed by atoms with Crippen molar-refractivity contribution in [3.8, 4) is 23.0 Å². The molecule has 0 saturated heterocycles. The first-order chi connectivity index (χ1) is 30.2. The number of esters is 1. The maximum atomic E-state index is 14.3. The number of rotatable bonds is 4. The van der Waals surface area contributed by atoms with E-state index in [0.29, 0.717) is 50.9 Å². The first-order valence-corrected chi connectivity index (χ1v) is 23.0. The van der Waals surface area contributed by atoms with Gasteiger partial charge in [0.25, 0.3) is 0 Å². The number of methoxy groups -OCH3 is 1. The minimum Gasteiger partial charge on any atom is -0.507 e. The van der Waals surface area contributed by atoms with Crippen LogP contribution in [0.5, 0.6) is 23.0 Å². The van der Waals surface area contributed by atoms with Gasteiger partial charge in [-0.15, -0.1) is 0 Å². The minimum atomic E-state index is -0.836. The van der Waals surface area contributed by atoms with Crippen molar-refractivity contribution in [1.82, 2.24) is 9.88 Å². The summed E-state index contributed by atoms with van der Waals surface area (Å²) in [6.45, 7) is 26.0. The zero-order valence-electron chi connectivity index (χ0n) is 40.9. The third kappa shape index (κ3) is 9.94. The maximum Gasteiger partial charge on any atom is 0.323 e. The summed E-state index contributed by atoms with van der Waals surface area (Å²) >= 11 is 0. The molecule has 2 heterocycles. The molecule has 8 nitrogen and oxygen atoms in total. The SMILES string of the molecule is COC(=O)[C@H](Cc1c[nH]c2ccccc12)N1Cc2cc(C(C)(C)C)cc(c2O)Cc2cc(C(C)(C)C)cc(c2O)Cc2cc(C(C)(C)C)cc(c2O)Cc2cc(C(C)(C)C)cc(c2O)C1. The van der Waals surface area contributed by atoms with E-state index in [9.17, 15) is 25.2 Å². The van der Waals surface area contributed by atoms with Gasteiger partial charge in [-0.05, 0) is 88.9 Å². The Balaban J connectivity index is 1.55. The van der Waals surface area contributed by atoms with Crippen molar-refractivity contribution in [2.24, 2.45) is 0 Å². The van der Waals surface area contributed by atoms with Crippen LogP contribution in [0.3, 0.4) is 0 Å². The highest BCUT2D eigenvalue weighted by molar-refractivity contribution is 5.84. The summed E-state index contributed by atoms with van der Waals surface area (Å²) in [6, 6.07) is 23.4. The lowest BCUT2D eigenvalue weighted by atomic mass is 9.80. The number of hydrogen-bond donors (Lipinski definition) is 5. The highest BCUT2D eigenvalue weighted by Crippen LogP contribution is 2.43. The Morgan fingerprint density at radius 3 is 1.22 bits per heavy atom. The summed E-state index contributed by atoms with van der Waals surface area (Å²) in [5, 5.41) is 50.7. The quantitative estimate of drug-likeness (QED) is 0.112. The Labute approximate surface area is 386 Å². The van der Waals surface area contributed by atoms with Gasteiger partial charge in [0.05, 0.1) is 7.11 Å². The number of aromatic hydroxyl groups is 4. The lowest BCUT2D eigenvalue weighted by Gasteiger charge is -2.32. The molecule has 1 aliphatic rings. The highest BCUT2D eigenvalue weighted by atomic mass is 16.5. The fraction of sp³-hybridized carbons (Fsp3) is 0.421. The number of hydrogen-bond acceptors (Lipinski definition) is 7. The summed E-state index contributed by atoms with van der Waals surface area (Å²) in [5.41, 5.74) is 9.93. The second-order valence-electron chi connectivity index (χ2n) is 22.6. The summed E-state index contributed by atoms with van der Waals surface area (Å²) in [4.78, 5) is 19.7. The number of aromatic nitrogens is 1. The van der Waals surface area contributed by atoms with Gasteiger partial charge >= 0.3 is 5.97 Å². The van der Waals surface area contributed by atoms with Crippen molar-refractivity contribution >= 4 is 16.9 Å². The number of carbonyl (C=O) groups is 1. The van der Waals surface area contributed by atoms with Crippen molar-refractivity contribution in [2.45, 2.75) is 150 Å². The Bertz CT molecular complexity index is 2630. The van der Waals surface area contributed by atoms with E-state index in [1.807, 2.05) is 83.9 Å². The van der Waals surface area contributed by atoms with Crippen LogP contribution in [0.1, 0.15) is 155 Å². The standard InChI is InChI=1S/C57H70N2O6/c1-54(2,3)42-21-33-18-34-22-43(55(4,5)6)24-36(50(34)61)20-38-26-45(57(10,11)12)28-41(52(38)63)32-59(48(53(64)65-13)29-39-30-58-47-17-15-14-16-46(39)47)31-40-27-44(56(7,8)9)25-37(51(40)62)19-35(23-42)49(33)60/h14-17,21-28,30,48,58,60-63H,18-20,29,31-32H2,1-13H3/t48-/m0/s1. The molecule has 1 aliphatic heterocycles. The number of aromatic amines is 1. The second kappa shape index (κ2) is 17.2. The number of fused-ring (bicyclic) bond motifs is 9. The molecular formula is C57H70N2O6. The largest absolute Gasteiger partial charge is 0.507 e. The van der Waals surface area contributed by atoms with Crippen molar-refractivity contribution in [1.29, 1.82) is 0 Å². The third-order valence-electron chi connectivity index (χ3n) is 13.4. The number of ether oxygens (including phenoxy) is 1. The monoisotopic (exact) mass is 879 g/mol. The van der Waals surface area contributed by atoms with Crippen LogP contribution in [0.2, 0.25) is 0 Å². The molecule has 0 aliphatic carbocycles. The Kier molecular flexibility index (Phi) is 12.5. The zero-order valence-corrected chi connectivity index (χ0v) is 40.9. The average molecular weight is 879 g/mol. The van der Waals surface area contributed by atoms with Crippen molar-refractivity contribution < 1.29 is 30.0 Å². The zero-order chi connectivity index (χ0) is 47.6. The van der Waals surface area contributed by atoms with E-state index in [1.54, 1.807) is 0 Å². The number of phenols is 4. The van der Waals surface area contributed by atoms with Gasteiger partial charge < -0.3 is 30.1 Å². The molecule has 344 valence electrons. The van der Waals surface area contributed by atoms with Crippen molar-refractivity contribution in [2.75, 3.05) is 7.11 Å². The van der Waals surface area contributed by atoms with Crippen molar-refractivity contribution in [3.63, 3.8) is 0 Å². The fourth-order valence-corrected chi connectivity index (χ4v) is 9.16. The lowest BCUT2D eigenvalue weighted by Crippen LogP contribution is -2.42. The molecular weight excluding hydrogens is 809 g/mol. The molecule has 7 rings (SSSR count). The third-order valence-corrected chi connectivity index (χ3v) is 13.4. The van der Waals surface area contributed by atoms with Crippen LogP contribution in [0, 0.1) is 0 Å². The van der Waals surface area contributed by atoms with Gasteiger partial charge in [-0.3, -0.25) is 9.69 Å². The van der Waals surface area contributed by atoms with Crippen LogP contribution in [0.25, 0.3) is 10.9 Å². The lowest BCUT2D eigenvalue weighted by molar-refractivity contribution is -0.147. The maximum absolute atomic E-state index is 14.3. The molecule has 0 amide bonds. The van der Waals surface area contributed by atoms with E-state index in [0.717, 1.165) is 38.7 Å². The van der Waals surface area contributed by atoms with E-state index in [2.05, 4.69) is 88.1 Å². The number of nitrogens with zero attached hydrogens (tertiary/aromatic N) is 1. The molecule has 65 heavy (non-hydrogen) atoms. The van der Waals surface area contributed by atoms with Gasteiger partial charge in [0.1, 0.15) is 29.0 Å². The number of benzene rings is 5. The summed E-state index contributed by atoms with van der Waals surface area (Å²) < 4.78 is 5.60. The molecule has 1 atom stereocenters. The van der Waals surface area contributed by atoms with Gasteiger partial charge in [-0.25, -0.2) is 0 Å². The predicted octanol–water partition coefficient (Wildman–Crippen LogP) is 12.1. The molecule has 0 radical (unpaired) electrons. The first kappa shape index (κ1) is 47.2. The topological polar surface area (TPSA) is 126 Å². The summed E-state index contributed by atoms with van der Waals surface area (Å²) in [5.74, 6) is -0.0427. The second-order valence-corrected chi connectivity index (χ2v) is 22.6. The molecule has 6 aromatic rings. The van der Waals surface area contributed by atoms with Crippen LogP contribution >= 0.6 is 0 Å². The van der Waals surface area contributed by atoms with E-state index in [4.69, 9.17) is 4.74 Å². The molecule has 0 saturated carbocycles. The van der Waals surface area contributed by atoms with Gasteiger partial charge in [-0.1, -0.05) is 150 Å². The van der Waals surface area contributed by atoms with Crippen LogP contribution in [-0.2, 0) is 70.0 Å². The smallest absolute Gasteiger partial charge is 0.323 e. The number of carbonyl (C=O) groups excluding carboxylic acids is 1. The van der Waals surface area contributed by atoms with E-state index < -0.39 is 12.0 Å². The Morgan fingerprint density at radius 2 is 0.877 bits per heavy atom. The van der Waals surface area contributed by atoms with E-state index in [1.165, 1.54) is 7.11 Å². The summed E-state index contributed by atoms with van der Waals surface area (Å²) in [6.07, 6.45) is 2.97. The molecule has 1 aromatic heterocycles. The van der Waals surface area contributed by atoms with Crippen LogP contribution in [0.4, 0.5) is 0 Å².